The fourth-order valence-corrected chi connectivity index (χ4v) is 5.66. The molecule has 0 unspecified atom stereocenters. The van der Waals surface area contributed by atoms with Gasteiger partial charge in [-0.2, -0.15) is 9.40 Å². The first-order valence-corrected chi connectivity index (χ1v) is 11.7. The zero-order valence-electron chi connectivity index (χ0n) is 18.3. The Bertz CT molecular complexity index is 1260. The van der Waals surface area contributed by atoms with Crippen molar-refractivity contribution in [3.05, 3.63) is 64.8 Å². The van der Waals surface area contributed by atoms with Crippen molar-refractivity contribution in [1.29, 1.82) is 0 Å². The molecule has 0 radical (unpaired) electrons. The highest BCUT2D eigenvalue weighted by atomic mass is 32.2. The van der Waals surface area contributed by atoms with Crippen molar-refractivity contribution >= 4 is 10.0 Å². The normalized spacial score (nSPS) is 15.6. The van der Waals surface area contributed by atoms with Gasteiger partial charge in [0.1, 0.15) is 22.2 Å². The quantitative estimate of drug-likeness (QED) is 0.562. The van der Waals surface area contributed by atoms with E-state index in [2.05, 4.69) is 5.10 Å². The van der Waals surface area contributed by atoms with Crippen LogP contribution in [0.4, 0.5) is 0 Å². The third-order valence-electron chi connectivity index (χ3n) is 5.77. The number of sulfonamides is 1. The summed E-state index contributed by atoms with van der Waals surface area (Å²) in [5.41, 5.74) is 0.530. The molecule has 1 aliphatic rings. The van der Waals surface area contributed by atoms with E-state index < -0.39 is 10.0 Å². The van der Waals surface area contributed by atoms with Crippen LogP contribution in [0.2, 0.25) is 0 Å². The van der Waals surface area contributed by atoms with Crippen LogP contribution in [0, 0.1) is 0 Å². The lowest BCUT2D eigenvalue weighted by molar-refractivity contribution is 0.309. The Hall–Kier alpha value is -3.11. The molecule has 1 fully saturated rings. The summed E-state index contributed by atoms with van der Waals surface area (Å²) in [6.07, 6.45) is 1.11. The monoisotopic (exact) mass is 458 g/mol. The number of aromatic nitrogens is 3. The van der Waals surface area contributed by atoms with Crippen molar-refractivity contribution in [2.24, 2.45) is 7.05 Å². The first-order chi connectivity index (χ1) is 15.4. The molecule has 0 spiro atoms. The molecule has 4 rings (SSSR count). The summed E-state index contributed by atoms with van der Waals surface area (Å²) in [4.78, 5) is 12.8. The summed E-state index contributed by atoms with van der Waals surface area (Å²) in [5.74, 6) is 1.39. The Morgan fingerprint density at radius 3 is 2.31 bits per heavy atom. The van der Waals surface area contributed by atoms with E-state index in [9.17, 15) is 13.2 Å². The fourth-order valence-electron chi connectivity index (χ4n) is 4.05. The minimum atomic E-state index is -3.74. The molecule has 3 aromatic rings. The highest BCUT2D eigenvalue weighted by Crippen LogP contribution is 2.34. The number of methoxy groups -OCH3 is 2. The molecule has 32 heavy (non-hydrogen) atoms. The molecule has 1 aliphatic heterocycles. The van der Waals surface area contributed by atoms with E-state index in [0.717, 1.165) is 5.69 Å². The molecule has 2 aromatic carbocycles. The highest BCUT2D eigenvalue weighted by molar-refractivity contribution is 7.89. The molecule has 10 heteroatoms. The van der Waals surface area contributed by atoms with E-state index in [1.54, 1.807) is 23.7 Å². The van der Waals surface area contributed by atoms with E-state index in [4.69, 9.17) is 9.47 Å². The topological polar surface area (TPSA) is 95.7 Å². The minimum absolute atomic E-state index is 0.0340. The number of hydrogen-bond acceptors (Lipinski definition) is 6. The minimum Gasteiger partial charge on any atom is -0.497 e. The SMILES string of the molecule is COc1ccc(S(=O)(=O)N2CCC(c3nn(C)c(=O)n3-c3ccccc3)CC2)c(OC)c1. The van der Waals surface area contributed by atoms with Gasteiger partial charge in [-0.3, -0.25) is 0 Å². The molecule has 1 aromatic heterocycles. The van der Waals surface area contributed by atoms with E-state index >= 15 is 0 Å². The molecule has 0 N–H and O–H groups in total. The molecular formula is C22H26N4O5S. The predicted molar refractivity (Wildman–Crippen MR) is 119 cm³/mol. The van der Waals surface area contributed by atoms with Gasteiger partial charge in [-0.15, -0.1) is 0 Å². The van der Waals surface area contributed by atoms with Gasteiger partial charge in [0.05, 0.1) is 19.9 Å². The van der Waals surface area contributed by atoms with Crippen LogP contribution in [-0.4, -0.2) is 54.4 Å². The molecule has 1 saturated heterocycles. The van der Waals surface area contributed by atoms with Crippen molar-refractivity contribution in [3.63, 3.8) is 0 Å². The largest absolute Gasteiger partial charge is 0.497 e. The molecule has 0 atom stereocenters. The number of hydrogen-bond donors (Lipinski definition) is 0. The van der Waals surface area contributed by atoms with Crippen molar-refractivity contribution in [3.8, 4) is 17.2 Å². The summed E-state index contributed by atoms with van der Waals surface area (Å²) in [5, 5.41) is 4.47. The van der Waals surface area contributed by atoms with Gasteiger partial charge in [-0.05, 0) is 37.1 Å². The van der Waals surface area contributed by atoms with Gasteiger partial charge in [-0.25, -0.2) is 22.5 Å². The Balaban J connectivity index is 1.58. The lowest BCUT2D eigenvalue weighted by Crippen LogP contribution is -2.38. The van der Waals surface area contributed by atoms with Crippen molar-refractivity contribution in [2.45, 2.75) is 23.7 Å². The summed E-state index contributed by atoms with van der Waals surface area (Å²) >= 11 is 0. The second-order valence-corrected chi connectivity index (χ2v) is 9.54. The zero-order valence-corrected chi connectivity index (χ0v) is 19.1. The van der Waals surface area contributed by atoms with Crippen LogP contribution < -0.4 is 15.2 Å². The standard InChI is InChI=1S/C22H26N4O5S/c1-24-22(27)26(17-7-5-4-6-8-17)21(23-24)16-11-13-25(14-12-16)32(28,29)20-10-9-18(30-2)15-19(20)31-3/h4-10,15-16H,11-14H2,1-3H3. The third-order valence-corrected chi connectivity index (χ3v) is 7.71. The molecule has 170 valence electrons. The number of benzene rings is 2. The second kappa shape index (κ2) is 8.79. The van der Waals surface area contributed by atoms with Gasteiger partial charge < -0.3 is 9.47 Å². The highest BCUT2D eigenvalue weighted by Gasteiger charge is 2.34. The molecule has 0 saturated carbocycles. The van der Waals surface area contributed by atoms with Crippen LogP contribution in [0.5, 0.6) is 11.5 Å². The van der Waals surface area contributed by atoms with Gasteiger partial charge in [0, 0.05) is 32.1 Å². The van der Waals surface area contributed by atoms with Crippen LogP contribution in [0.3, 0.4) is 0 Å². The number of aryl methyl sites for hydroxylation is 1. The number of rotatable bonds is 6. The first-order valence-electron chi connectivity index (χ1n) is 10.3. The smallest absolute Gasteiger partial charge is 0.350 e. The van der Waals surface area contributed by atoms with Gasteiger partial charge in [0.25, 0.3) is 0 Å². The Labute approximate surface area is 186 Å². The van der Waals surface area contributed by atoms with Crippen molar-refractivity contribution < 1.29 is 17.9 Å². The summed E-state index contributed by atoms with van der Waals surface area (Å²) in [6.45, 7) is 0.642. The molecule has 2 heterocycles. The maximum Gasteiger partial charge on any atom is 0.350 e. The first kappa shape index (κ1) is 22.1. The van der Waals surface area contributed by atoms with E-state index in [1.807, 2.05) is 30.3 Å². The summed E-state index contributed by atoms with van der Waals surface area (Å²) in [7, 11) is 0.833. The molecule has 0 aliphatic carbocycles. The van der Waals surface area contributed by atoms with Gasteiger partial charge in [-0.1, -0.05) is 18.2 Å². The lowest BCUT2D eigenvalue weighted by atomic mass is 9.97. The molecule has 0 amide bonds. The average molecular weight is 459 g/mol. The Morgan fingerprint density at radius 1 is 1.00 bits per heavy atom. The average Bonchev–Trinajstić information content (AvgIpc) is 3.13. The van der Waals surface area contributed by atoms with Gasteiger partial charge >= 0.3 is 5.69 Å². The molecular weight excluding hydrogens is 432 g/mol. The summed E-state index contributed by atoms with van der Waals surface area (Å²) < 4.78 is 41.4. The number of para-hydroxylation sites is 1. The maximum atomic E-state index is 13.3. The fraction of sp³-hybridized carbons (Fsp3) is 0.364. The number of nitrogens with zero attached hydrogens (tertiary/aromatic N) is 4. The van der Waals surface area contributed by atoms with Crippen LogP contribution in [0.15, 0.2) is 58.2 Å². The van der Waals surface area contributed by atoms with Gasteiger partial charge in [0.2, 0.25) is 10.0 Å². The molecule has 0 bridgehead atoms. The number of ether oxygens (including phenoxy) is 2. The zero-order chi connectivity index (χ0) is 22.9. The van der Waals surface area contributed by atoms with Crippen LogP contribution in [-0.2, 0) is 17.1 Å². The third kappa shape index (κ3) is 3.91. The lowest BCUT2D eigenvalue weighted by Gasteiger charge is -2.31. The van der Waals surface area contributed by atoms with Crippen LogP contribution in [0.1, 0.15) is 24.6 Å². The summed E-state index contributed by atoms with van der Waals surface area (Å²) in [6, 6.07) is 14.0. The van der Waals surface area contributed by atoms with E-state index in [-0.39, 0.29) is 22.3 Å². The predicted octanol–water partition coefficient (Wildman–Crippen LogP) is 2.16. The molecule has 9 nitrogen and oxygen atoms in total. The second-order valence-electron chi connectivity index (χ2n) is 7.63. The number of piperidine rings is 1. The van der Waals surface area contributed by atoms with Crippen LogP contribution in [0.25, 0.3) is 5.69 Å². The van der Waals surface area contributed by atoms with E-state index in [1.165, 1.54) is 29.3 Å². The maximum absolute atomic E-state index is 13.3. The van der Waals surface area contributed by atoms with Crippen molar-refractivity contribution in [1.82, 2.24) is 18.7 Å². The van der Waals surface area contributed by atoms with Crippen LogP contribution >= 0.6 is 0 Å². The van der Waals surface area contributed by atoms with Gasteiger partial charge in [0.15, 0.2) is 0 Å². The Kier molecular flexibility index (Phi) is 6.07. The Morgan fingerprint density at radius 2 is 1.69 bits per heavy atom. The van der Waals surface area contributed by atoms with Crippen molar-refractivity contribution in [2.75, 3.05) is 27.3 Å². The van der Waals surface area contributed by atoms with E-state index in [0.29, 0.717) is 37.5 Å².